The van der Waals surface area contributed by atoms with E-state index >= 15 is 0 Å². The lowest BCUT2D eigenvalue weighted by Crippen LogP contribution is -2.21. The van der Waals surface area contributed by atoms with Crippen molar-refractivity contribution in [3.8, 4) is 16.3 Å². The zero-order chi connectivity index (χ0) is 20.8. The first-order valence-electron chi connectivity index (χ1n) is 8.64. The maximum atomic E-state index is 12.2. The Hall–Kier alpha value is -3.52. The predicted octanol–water partition coefficient (Wildman–Crippen LogP) is 3.82. The summed E-state index contributed by atoms with van der Waals surface area (Å²) in [6, 6.07) is 13.8. The van der Waals surface area contributed by atoms with Gasteiger partial charge in [0.25, 0.3) is 5.91 Å². The molecule has 0 atom stereocenters. The molecule has 8 heteroatoms. The highest BCUT2D eigenvalue weighted by atomic mass is 32.1. The summed E-state index contributed by atoms with van der Waals surface area (Å²) < 4.78 is 10.1. The van der Waals surface area contributed by atoms with Gasteiger partial charge >= 0.3 is 5.97 Å². The van der Waals surface area contributed by atoms with Crippen molar-refractivity contribution in [1.29, 1.82) is 0 Å². The first-order valence-corrected chi connectivity index (χ1v) is 9.52. The number of hydrogen-bond acceptors (Lipinski definition) is 7. The van der Waals surface area contributed by atoms with Gasteiger partial charge in [-0.1, -0.05) is 12.1 Å². The molecule has 1 amide bonds. The Kier molecular flexibility index (Phi) is 6.36. The van der Waals surface area contributed by atoms with Gasteiger partial charge in [0.15, 0.2) is 18.1 Å². The zero-order valence-corrected chi connectivity index (χ0v) is 16.6. The summed E-state index contributed by atoms with van der Waals surface area (Å²) in [5.41, 5.74) is 1.91. The number of ketones is 1. The van der Waals surface area contributed by atoms with Crippen LogP contribution in [0.2, 0.25) is 0 Å². The number of thiazole rings is 1. The minimum absolute atomic E-state index is 0.108. The largest absolute Gasteiger partial charge is 0.497 e. The van der Waals surface area contributed by atoms with Crippen molar-refractivity contribution in [3.63, 3.8) is 0 Å². The van der Waals surface area contributed by atoms with Crippen LogP contribution in [0, 0.1) is 0 Å². The summed E-state index contributed by atoms with van der Waals surface area (Å²) >= 11 is 1.30. The van der Waals surface area contributed by atoms with E-state index in [0.29, 0.717) is 16.3 Å². The number of rotatable bonds is 7. The van der Waals surface area contributed by atoms with Gasteiger partial charge in [-0.2, -0.15) is 0 Å². The quantitative estimate of drug-likeness (QED) is 0.470. The van der Waals surface area contributed by atoms with Crippen LogP contribution in [-0.4, -0.2) is 36.4 Å². The van der Waals surface area contributed by atoms with Gasteiger partial charge in [0.2, 0.25) is 0 Å². The molecule has 2 aromatic carbocycles. The first kappa shape index (κ1) is 20.2. The first-order chi connectivity index (χ1) is 14.0. The Balaban J connectivity index is 1.56. The van der Waals surface area contributed by atoms with E-state index in [1.54, 1.807) is 48.9 Å². The van der Waals surface area contributed by atoms with Crippen LogP contribution in [0.25, 0.3) is 10.6 Å². The average molecular weight is 410 g/mol. The van der Waals surface area contributed by atoms with E-state index in [1.165, 1.54) is 18.3 Å². The van der Waals surface area contributed by atoms with Crippen LogP contribution in [0.3, 0.4) is 0 Å². The molecule has 0 aliphatic heterocycles. The molecule has 0 saturated heterocycles. The lowest BCUT2D eigenvalue weighted by atomic mass is 10.1. The molecule has 0 unspecified atom stereocenters. The summed E-state index contributed by atoms with van der Waals surface area (Å²) in [5, 5.41) is 4.82. The van der Waals surface area contributed by atoms with Crippen molar-refractivity contribution in [3.05, 3.63) is 65.2 Å². The molecular weight excluding hydrogens is 392 g/mol. The third-order valence-electron chi connectivity index (χ3n) is 3.94. The highest BCUT2D eigenvalue weighted by molar-refractivity contribution is 7.13. The van der Waals surface area contributed by atoms with Gasteiger partial charge in [-0.3, -0.25) is 9.59 Å². The van der Waals surface area contributed by atoms with Crippen LogP contribution in [-0.2, 0) is 9.53 Å². The summed E-state index contributed by atoms with van der Waals surface area (Å²) in [5.74, 6) is -0.577. The highest BCUT2D eigenvalue weighted by Crippen LogP contribution is 2.26. The SMILES string of the molecule is COc1ccc(-c2nc(C(=O)OCC(=O)Nc3cccc(C(C)=O)c3)cs2)cc1. The van der Waals surface area contributed by atoms with Crippen LogP contribution >= 0.6 is 11.3 Å². The lowest BCUT2D eigenvalue weighted by Gasteiger charge is -2.06. The van der Waals surface area contributed by atoms with Crippen molar-refractivity contribution in [2.24, 2.45) is 0 Å². The molecule has 0 bridgehead atoms. The number of carbonyl (C=O) groups excluding carboxylic acids is 3. The number of benzene rings is 2. The molecule has 0 aliphatic rings. The number of ether oxygens (including phenoxy) is 2. The molecule has 3 rings (SSSR count). The Morgan fingerprint density at radius 1 is 1.10 bits per heavy atom. The fourth-order valence-corrected chi connectivity index (χ4v) is 3.25. The van der Waals surface area contributed by atoms with Gasteiger partial charge in [0.1, 0.15) is 10.8 Å². The predicted molar refractivity (Wildman–Crippen MR) is 109 cm³/mol. The molecule has 1 N–H and O–H groups in total. The number of hydrogen-bond donors (Lipinski definition) is 1. The Bertz CT molecular complexity index is 1040. The van der Waals surface area contributed by atoms with Crippen molar-refractivity contribution in [1.82, 2.24) is 4.98 Å². The number of Topliss-reactive ketones (excluding diaryl/α,β-unsaturated/α-hetero) is 1. The molecule has 1 aromatic heterocycles. The molecule has 0 spiro atoms. The van der Waals surface area contributed by atoms with Gasteiger partial charge < -0.3 is 14.8 Å². The third-order valence-corrected chi connectivity index (χ3v) is 4.83. The van der Waals surface area contributed by atoms with E-state index in [-0.39, 0.29) is 11.5 Å². The Morgan fingerprint density at radius 2 is 1.86 bits per heavy atom. The van der Waals surface area contributed by atoms with Crippen molar-refractivity contribution < 1.29 is 23.9 Å². The number of methoxy groups -OCH3 is 1. The normalized spacial score (nSPS) is 10.3. The molecule has 0 aliphatic carbocycles. The fourth-order valence-electron chi connectivity index (χ4n) is 2.45. The van der Waals surface area contributed by atoms with Crippen LogP contribution < -0.4 is 10.1 Å². The molecule has 0 radical (unpaired) electrons. The topological polar surface area (TPSA) is 94.6 Å². The van der Waals surface area contributed by atoms with Gasteiger partial charge in [-0.05, 0) is 43.3 Å². The maximum absolute atomic E-state index is 12.2. The number of carbonyl (C=O) groups is 3. The van der Waals surface area contributed by atoms with E-state index in [1.807, 2.05) is 12.1 Å². The third kappa shape index (κ3) is 5.26. The summed E-state index contributed by atoms with van der Waals surface area (Å²) in [6.07, 6.45) is 0. The van der Waals surface area contributed by atoms with Crippen molar-refractivity contribution in [2.45, 2.75) is 6.92 Å². The van der Waals surface area contributed by atoms with Crippen LogP contribution in [0.1, 0.15) is 27.8 Å². The zero-order valence-electron chi connectivity index (χ0n) is 15.8. The number of anilines is 1. The lowest BCUT2D eigenvalue weighted by molar-refractivity contribution is -0.119. The number of nitrogens with zero attached hydrogens (tertiary/aromatic N) is 1. The monoisotopic (exact) mass is 410 g/mol. The fraction of sp³-hybridized carbons (Fsp3) is 0.143. The molecule has 3 aromatic rings. The summed E-state index contributed by atoms with van der Waals surface area (Å²) in [7, 11) is 1.59. The van der Waals surface area contributed by atoms with Gasteiger partial charge in [-0.25, -0.2) is 9.78 Å². The molecule has 1 heterocycles. The standard InChI is InChI=1S/C21H18N2O5S/c1-13(24)15-4-3-5-16(10-15)22-19(25)11-28-21(26)18-12-29-20(23-18)14-6-8-17(27-2)9-7-14/h3-10,12H,11H2,1-2H3,(H,22,25). The average Bonchev–Trinajstić information content (AvgIpc) is 3.22. The van der Waals surface area contributed by atoms with Crippen LogP contribution in [0.5, 0.6) is 5.75 Å². The molecular formula is C21H18N2O5S. The Morgan fingerprint density at radius 3 is 2.55 bits per heavy atom. The van der Waals surface area contributed by atoms with Gasteiger partial charge in [-0.15, -0.1) is 11.3 Å². The number of amides is 1. The van der Waals surface area contributed by atoms with Gasteiger partial charge in [0, 0.05) is 22.2 Å². The molecule has 0 saturated carbocycles. The molecule has 148 valence electrons. The summed E-state index contributed by atoms with van der Waals surface area (Å²) in [4.78, 5) is 39.8. The van der Waals surface area contributed by atoms with E-state index in [4.69, 9.17) is 9.47 Å². The van der Waals surface area contributed by atoms with Crippen LogP contribution in [0.4, 0.5) is 5.69 Å². The van der Waals surface area contributed by atoms with E-state index in [9.17, 15) is 14.4 Å². The second-order valence-electron chi connectivity index (χ2n) is 6.03. The smallest absolute Gasteiger partial charge is 0.358 e. The summed E-state index contributed by atoms with van der Waals surface area (Å²) in [6.45, 7) is 0.981. The molecule has 29 heavy (non-hydrogen) atoms. The van der Waals surface area contributed by atoms with E-state index in [0.717, 1.165) is 11.3 Å². The van der Waals surface area contributed by atoms with Crippen molar-refractivity contribution in [2.75, 3.05) is 19.0 Å². The van der Waals surface area contributed by atoms with Crippen molar-refractivity contribution >= 4 is 34.7 Å². The second kappa shape index (κ2) is 9.11. The van der Waals surface area contributed by atoms with Crippen LogP contribution in [0.15, 0.2) is 53.9 Å². The number of aromatic nitrogens is 1. The minimum Gasteiger partial charge on any atom is -0.497 e. The Labute approximate surface area is 171 Å². The number of esters is 1. The highest BCUT2D eigenvalue weighted by Gasteiger charge is 2.15. The minimum atomic E-state index is -0.686. The maximum Gasteiger partial charge on any atom is 0.358 e. The number of nitrogens with one attached hydrogen (secondary N) is 1. The molecule has 0 fully saturated rings. The molecule has 7 nitrogen and oxygen atoms in total. The van der Waals surface area contributed by atoms with E-state index < -0.39 is 18.5 Å². The van der Waals surface area contributed by atoms with Gasteiger partial charge in [0.05, 0.1) is 7.11 Å². The van der Waals surface area contributed by atoms with E-state index in [2.05, 4.69) is 10.3 Å². The second-order valence-corrected chi connectivity index (χ2v) is 6.89.